The van der Waals surface area contributed by atoms with E-state index in [0.29, 0.717) is 22.3 Å². The number of imidazole rings is 1. The van der Waals surface area contributed by atoms with E-state index < -0.39 is 23.9 Å². The largest absolute Gasteiger partial charge is 0.447 e. The molecule has 2 aliphatic rings. The fourth-order valence-corrected chi connectivity index (χ4v) is 4.46. The molecule has 1 saturated carbocycles. The lowest BCUT2D eigenvalue weighted by molar-refractivity contribution is -0.0384. The predicted octanol–water partition coefficient (Wildman–Crippen LogP) is 5.69. The van der Waals surface area contributed by atoms with Gasteiger partial charge in [-0.3, -0.25) is 4.90 Å². The summed E-state index contributed by atoms with van der Waals surface area (Å²) >= 11 is 0. The Morgan fingerprint density at radius 2 is 1.93 bits per heavy atom. The van der Waals surface area contributed by atoms with Gasteiger partial charge in [0.15, 0.2) is 0 Å². The van der Waals surface area contributed by atoms with Crippen molar-refractivity contribution in [2.75, 3.05) is 11.5 Å². The van der Waals surface area contributed by atoms with Gasteiger partial charge in [-0.25, -0.2) is 22.9 Å². The molecule has 2 heterocycles. The molecule has 1 aliphatic heterocycles. The molecule has 1 aliphatic carbocycles. The van der Waals surface area contributed by atoms with Crippen molar-refractivity contribution in [3.63, 3.8) is 0 Å². The number of anilines is 1. The molecule has 1 N–H and O–H groups in total. The van der Waals surface area contributed by atoms with Gasteiger partial charge in [0.1, 0.15) is 12.4 Å². The third-order valence-corrected chi connectivity index (χ3v) is 6.12. The zero-order valence-corrected chi connectivity index (χ0v) is 16.1. The molecule has 156 valence electrons. The number of aromatic amines is 1. The molecule has 5 nitrogen and oxygen atoms in total. The van der Waals surface area contributed by atoms with Gasteiger partial charge >= 0.3 is 6.09 Å². The van der Waals surface area contributed by atoms with Crippen LogP contribution >= 0.6 is 0 Å². The number of hydrogen-bond donors (Lipinski definition) is 1. The highest BCUT2D eigenvalue weighted by Gasteiger charge is 2.38. The van der Waals surface area contributed by atoms with E-state index in [1.807, 2.05) is 6.07 Å². The summed E-state index contributed by atoms with van der Waals surface area (Å²) in [7, 11) is 0. The second-order valence-electron chi connectivity index (χ2n) is 7.98. The van der Waals surface area contributed by atoms with Crippen LogP contribution in [-0.4, -0.2) is 28.6 Å². The van der Waals surface area contributed by atoms with Crippen LogP contribution in [0.5, 0.6) is 0 Å². The summed E-state index contributed by atoms with van der Waals surface area (Å²) in [5, 5.41) is 0. The third kappa shape index (κ3) is 3.30. The molecule has 1 saturated heterocycles. The quantitative estimate of drug-likeness (QED) is 0.598. The maximum Gasteiger partial charge on any atom is 0.415 e. The van der Waals surface area contributed by atoms with Crippen molar-refractivity contribution in [1.29, 1.82) is 0 Å². The summed E-state index contributed by atoms with van der Waals surface area (Å²) in [6.45, 7) is 0.103. The number of halogens is 3. The first kappa shape index (κ1) is 19.0. The number of ether oxygens (including phenoxy) is 1. The molecule has 0 spiro atoms. The van der Waals surface area contributed by atoms with Gasteiger partial charge in [-0.2, -0.15) is 0 Å². The average molecular weight is 415 g/mol. The molecule has 0 bridgehead atoms. The number of cyclic esters (lactones) is 1. The molecule has 30 heavy (non-hydrogen) atoms. The lowest BCUT2D eigenvalue weighted by Gasteiger charge is -2.29. The van der Waals surface area contributed by atoms with Crippen molar-refractivity contribution in [1.82, 2.24) is 9.97 Å². The minimum Gasteiger partial charge on any atom is -0.447 e. The second-order valence-corrected chi connectivity index (χ2v) is 7.98. The van der Waals surface area contributed by atoms with Crippen molar-refractivity contribution in [3.05, 3.63) is 59.7 Å². The van der Waals surface area contributed by atoms with Crippen molar-refractivity contribution >= 4 is 22.8 Å². The smallest absolute Gasteiger partial charge is 0.415 e. The molecule has 5 rings (SSSR count). The Labute approximate surface area is 170 Å². The summed E-state index contributed by atoms with van der Waals surface area (Å²) in [4.78, 5) is 21.1. The maximum absolute atomic E-state index is 14.9. The van der Waals surface area contributed by atoms with Crippen LogP contribution in [-0.2, 0) is 4.74 Å². The van der Waals surface area contributed by atoms with Crippen molar-refractivity contribution < 1.29 is 22.7 Å². The minimum atomic E-state index is -2.65. The molecule has 2 fully saturated rings. The summed E-state index contributed by atoms with van der Waals surface area (Å²) in [5.41, 5.74) is 3.23. The van der Waals surface area contributed by atoms with Crippen LogP contribution in [0.3, 0.4) is 0 Å². The van der Waals surface area contributed by atoms with Gasteiger partial charge in [0.2, 0.25) is 5.92 Å². The molecule has 8 heteroatoms. The normalized spacial score (nSPS) is 21.9. The van der Waals surface area contributed by atoms with Crippen LogP contribution < -0.4 is 4.90 Å². The van der Waals surface area contributed by atoms with E-state index in [1.54, 1.807) is 30.6 Å². The van der Waals surface area contributed by atoms with Crippen molar-refractivity contribution in [2.45, 2.75) is 43.6 Å². The zero-order chi connectivity index (χ0) is 20.9. The number of nitrogens with zero attached hydrogens (tertiary/aromatic N) is 2. The zero-order valence-electron chi connectivity index (χ0n) is 16.1. The molecule has 1 aromatic heterocycles. The molecule has 0 unspecified atom stereocenters. The molecular formula is C22H20F3N3O2. The first-order chi connectivity index (χ1) is 14.4. The fraction of sp³-hybridized carbons (Fsp3) is 0.364. The Morgan fingerprint density at radius 3 is 2.70 bits per heavy atom. The number of carbonyl (C=O) groups excluding carboxylic acids is 1. The Hall–Kier alpha value is -3.03. The number of amides is 1. The highest BCUT2D eigenvalue weighted by Crippen LogP contribution is 2.42. The fourth-order valence-electron chi connectivity index (χ4n) is 4.46. The monoisotopic (exact) mass is 415 g/mol. The van der Waals surface area contributed by atoms with Gasteiger partial charge in [0.05, 0.1) is 29.1 Å². The second kappa shape index (κ2) is 7.04. The van der Waals surface area contributed by atoms with E-state index in [9.17, 15) is 18.0 Å². The SMILES string of the molecule is O=C1OC[C@H](c2ccc(C3CCC(F)(F)CC3)c(F)c2)N1c1ccc2[nH]cnc2c1. The van der Waals surface area contributed by atoms with Crippen LogP contribution in [0.4, 0.5) is 23.7 Å². The first-order valence-electron chi connectivity index (χ1n) is 9.98. The highest BCUT2D eigenvalue weighted by molar-refractivity contribution is 5.93. The molecule has 0 radical (unpaired) electrons. The summed E-state index contributed by atoms with van der Waals surface area (Å²) in [6, 6.07) is 9.73. The van der Waals surface area contributed by atoms with Crippen LogP contribution in [0.1, 0.15) is 48.8 Å². The Balaban J connectivity index is 1.42. The number of aromatic nitrogens is 2. The molecule has 1 atom stereocenters. The Kier molecular flexibility index (Phi) is 4.45. The maximum atomic E-state index is 14.9. The molecular weight excluding hydrogens is 395 g/mol. The lowest BCUT2D eigenvalue weighted by Crippen LogP contribution is -2.27. The molecule has 2 aromatic carbocycles. The average Bonchev–Trinajstić information content (AvgIpc) is 3.34. The van der Waals surface area contributed by atoms with E-state index in [4.69, 9.17) is 4.74 Å². The Bertz CT molecular complexity index is 1100. The number of nitrogens with one attached hydrogen (secondary N) is 1. The lowest BCUT2D eigenvalue weighted by atomic mass is 9.81. The van der Waals surface area contributed by atoms with Gasteiger partial charge in [-0.1, -0.05) is 12.1 Å². The van der Waals surface area contributed by atoms with Crippen LogP contribution in [0, 0.1) is 5.82 Å². The summed E-state index contributed by atoms with van der Waals surface area (Å²) in [6.07, 6.45) is 1.17. The standard InChI is InChI=1S/C22H20F3N3O2/c23-17-9-14(1-3-16(17)13-5-7-22(24,25)8-6-13)20-11-30-21(29)28(20)15-2-4-18-19(10-15)27-12-26-18/h1-4,9-10,12-13,20H,5-8,11H2,(H,26,27)/t20-/m1/s1. The number of fused-ring (bicyclic) bond motifs is 1. The topological polar surface area (TPSA) is 58.2 Å². The first-order valence-corrected chi connectivity index (χ1v) is 9.98. The highest BCUT2D eigenvalue weighted by atomic mass is 19.3. The number of rotatable bonds is 3. The van der Waals surface area contributed by atoms with Crippen LogP contribution in [0.15, 0.2) is 42.7 Å². The van der Waals surface area contributed by atoms with Crippen LogP contribution in [0.2, 0.25) is 0 Å². The number of H-pyrrole nitrogens is 1. The van der Waals surface area contributed by atoms with Crippen molar-refractivity contribution in [2.24, 2.45) is 0 Å². The van der Waals surface area contributed by atoms with Gasteiger partial charge in [0, 0.05) is 12.8 Å². The third-order valence-electron chi connectivity index (χ3n) is 6.12. The predicted molar refractivity (Wildman–Crippen MR) is 105 cm³/mol. The summed E-state index contributed by atoms with van der Waals surface area (Å²) in [5.74, 6) is -3.28. The van der Waals surface area contributed by atoms with Gasteiger partial charge in [-0.15, -0.1) is 0 Å². The van der Waals surface area contributed by atoms with Gasteiger partial charge in [-0.05, 0) is 54.2 Å². The van der Waals surface area contributed by atoms with E-state index in [1.165, 1.54) is 11.0 Å². The number of benzene rings is 2. The van der Waals surface area contributed by atoms with Gasteiger partial charge < -0.3 is 9.72 Å². The minimum absolute atomic E-state index is 0.103. The number of carbonyl (C=O) groups is 1. The van der Waals surface area contributed by atoms with E-state index in [-0.39, 0.29) is 38.2 Å². The van der Waals surface area contributed by atoms with E-state index >= 15 is 0 Å². The summed E-state index contributed by atoms with van der Waals surface area (Å²) < 4.78 is 47.0. The Morgan fingerprint density at radius 1 is 1.13 bits per heavy atom. The van der Waals surface area contributed by atoms with Gasteiger partial charge in [0.25, 0.3) is 0 Å². The van der Waals surface area contributed by atoms with E-state index in [0.717, 1.165) is 5.52 Å². The van der Waals surface area contributed by atoms with Crippen molar-refractivity contribution in [3.8, 4) is 0 Å². The van der Waals surface area contributed by atoms with E-state index in [2.05, 4.69) is 9.97 Å². The number of hydrogen-bond acceptors (Lipinski definition) is 3. The molecule has 1 amide bonds. The number of alkyl halides is 2. The molecule has 3 aromatic rings. The van der Waals surface area contributed by atoms with Crippen LogP contribution in [0.25, 0.3) is 11.0 Å².